The van der Waals surface area contributed by atoms with Crippen molar-refractivity contribution < 1.29 is 19.4 Å². The van der Waals surface area contributed by atoms with Gasteiger partial charge in [0.1, 0.15) is 11.7 Å². The van der Waals surface area contributed by atoms with E-state index in [0.29, 0.717) is 18.7 Å². The maximum atomic E-state index is 13.5. The van der Waals surface area contributed by atoms with Gasteiger partial charge in [0.2, 0.25) is 11.8 Å². The molecule has 0 spiro atoms. The Labute approximate surface area is 207 Å². The lowest BCUT2D eigenvalue weighted by Gasteiger charge is -2.38. The molecule has 7 nitrogen and oxygen atoms in total. The minimum absolute atomic E-state index is 0.0582. The van der Waals surface area contributed by atoms with Gasteiger partial charge in [0.05, 0.1) is 19.2 Å². The maximum absolute atomic E-state index is 13.5. The Morgan fingerprint density at radius 1 is 1.26 bits per heavy atom. The monoisotopic (exact) mass is 477 g/mol. The first kappa shape index (κ1) is 24.9. The van der Waals surface area contributed by atoms with Crippen LogP contribution in [0.2, 0.25) is 0 Å². The second kappa shape index (κ2) is 11.0. The molecule has 4 rings (SSSR count). The summed E-state index contributed by atoms with van der Waals surface area (Å²) in [6.07, 6.45) is 8.25. The molecule has 1 aromatic carbocycles. The van der Waals surface area contributed by atoms with Gasteiger partial charge in [-0.2, -0.15) is 0 Å². The molecule has 186 valence electrons. The van der Waals surface area contributed by atoms with Gasteiger partial charge in [-0.15, -0.1) is 0 Å². The summed E-state index contributed by atoms with van der Waals surface area (Å²) in [5.41, 5.74) is 2.19. The highest BCUT2D eigenvalue weighted by atomic mass is 16.5. The van der Waals surface area contributed by atoms with Crippen LogP contribution >= 0.6 is 0 Å². The molecule has 1 aromatic heterocycles. The highest BCUT2D eigenvalue weighted by Gasteiger charge is 2.36. The zero-order chi connectivity index (χ0) is 24.9. The molecular formula is C28H35N3O4. The molecule has 1 N–H and O–H groups in total. The van der Waals surface area contributed by atoms with Crippen molar-refractivity contribution in [2.45, 2.75) is 45.3 Å². The first-order valence-electron chi connectivity index (χ1n) is 12.4. The summed E-state index contributed by atoms with van der Waals surface area (Å²) < 4.78 is 6.31. The zero-order valence-electron chi connectivity index (χ0n) is 20.8. The number of fused-ring (bicyclic) bond motifs is 1. The fraction of sp³-hybridized carbons (Fsp3) is 0.464. The van der Waals surface area contributed by atoms with Crippen LogP contribution in [-0.4, -0.2) is 70.6 Å². The van der Waals surface area contributed by atoms with E-state index in [2.05, 4.69) is 4.98 Å². The Bertz CT molecular complexity index is 1070. The van der Waals surface area contributed by atoms with Gasteiger partial charge in [-0.25, -0.2) is 4.98 Å². The molecule has 0 radical (unpaired) electrons. The Morgan fingerprint density at radius 3 is 2.63 bits per heavy atom. The van der Waals surface area contributed by atoms with Crippen LogP contribution in [0.3, 0.4) is 0 Å². The van der Waals surface area contributed by atoms with Crippen LogP contribution < -0.4 is 4.74 Å². The molecule has 2 amide bonds. The van der Waals surface area contributed by atoms with E-state index >= 15 is 0 Å². The Balaban J connectivity index is 1.63. The van der Waals surface area contributed by atoms with Gasteiger partial charge in [0.15, 0.2) is 0 Å². The number of carbonyl (C=O) groups excluding carboxylic acids is 2. The second-order valence-electron chi connectivity index (χ2n) is 9.83. The molecule has 3 atom stereocenters. The fourth-order valence-electron chi connectivity index (χ4n) is 4.51. The van der Waals surface area contributed by atoms with E-state index in [0.717, 1.165) is 30.4 Å². The fourth-order valence-corrected chi connectivity index (χ4v) is 4.51. The summed E-state index contributed by atoms with van der Waals surface area (Å²) in [6.45, 7) is 4.54. The maximum Gasteiger partial charge on any atom is 0.259 e. The third-order valence-corrected chi connectivity index (χ3v) is 7.09. The van der Waals surface area contributed by atoms with Crippen molar-refractivity contribution in [3.63, 3.8) is 0 Å². The number of benzene rings is 1. The molecule has 7 heteroatoms. The smallest absolute Gasteiger partial charge is 0.259 e. The second-order valence-corrected chi connectivity index (χ2v) is 9.83. The van der Waals surface area contributed by atoms with Crippen molar-refractivity contribution >= 4 is 24.0 Å². The molecule has 35 heavy (non-hydrogen) atoms. The predicted molar refractivity (Wildman–Crippen MR) is 136 cm³/mol. The highest BCUT2D eigenvalue weighted by Crippen LogP contribution is 2.30. The van der Waals surface area contributed by atoms with Crippen LogP contribution in [-0.2, 0) is 4.79 Å². The summed E-state index contributed by atoms with van der Waals surface area (Å²) in [5.74, 6) is 0.259. The normalized spacial score (nSPS) is 21.5. The molecular weight excluding hydrogens is 442 g/mol. The SMILES string of the molecule is C[C@@H]1CN([C@H](C)CO)C(=O)c2cc(/C=C/c3ccccc3)cnc2O[C@@H]1CN(C)C(=O)C1CCC1. The van der Waals surface area contributed by atoms with Gasteiger partial charge in [-0.3, -0.25) is 9.59 Å². The minimum Gasteiger partial charge on any atom is -0.472 e. The molecule has 1 aliphatic heterocycles. The number of carbonyl (C=O) groups is 2. The van der Waals surface area contributed by atoms with Crippen LogP contribution in [0.1, 0.15) is 54.6 Å². The summed E-state index contributed by atoms with van der Waals surface area (Å²) in [7, 11) is 1.82. The van der Waals surface area contributed by atoms with E-state index in [1.807, 2.05) is 63.4 Å². The molecule has 2 aliphatic rings. The van der Waals surface area contributed by atoms with Crippen LogP contribution in [0.5, 0.6) is 5.88 Å². The Morgan fingerprint density at radius 2 is 1.97 bits per heavy atom. The van der Waals surface area contributed by atoms with Crippen molar-refractivity contribution in [1.29, 1.82) is 0 Å². The first-order valence-corrected chi connectivity index (χ1v) is 12.4. The number of aliphatic hydroxyl groups excluding tert-OH is 1. The van der Waals surface area contributed by atoms with Gasteiger partial charge in [-0.1, -0.05) is 55.8 Å². The van der Waals surface area contributed by atoms with Crippen LogP contribution in [0.4, 0.5) is 0 Å². The van der Waals surface area contributed by atoms with E-state index in [-0.39, 0.29) is 48.3 Å². The molecule has 1 fully saturated rings. The lowest BCUT2D eigenvalue weighted by molar-refractivity contribution is -0.138. The number of aromatic nitrogens is 1. The first-order chi connectivity index (χ1) is 16.9. The van der Waals surface area contributed by atoms with Crippen molar-refractivity contribution in [2.75, 3.05) is 26.7 Å². The summed E-state index contributed by atoms with van der Waals surface area (Å²) in [5, 5.41) is 9.84. The highest BCUT2D eigenvalue weighted by molar-refractivity contribution is 5.97. The van der Waals surface area contributed by atoms with E-state index in [9.17, 15) is 14.7 Å². The number of amides is 2. The number of rotatable bonds is 7. The minimum atomic E-state index is -0.352. The molecule has 0 saturated heterocycles. The number of likely N-dealkylation sites (N-methyl/N-ethyl adjacent to an activating group) is 1. The number of nitrogens with zero attached hydrogens (tertiary/aromatic N) is 3. The summed E-state index contributed by atoms with van der Waals surface area (Å²) in [6, 6.07) is 11.3. The van der Waals surface area contributed by atoms with Crippen molar-refractivity contribution in [2.24, 2.45) is 11.8 Å². The lowest BCUT2D eigenvalue weighted by Crippen LogP contribution is -2.51. The summed E-state index contributed by atoms with van der Waals surface area (Å²) in [4.78, 5) is 34.3. The van der Waals surface area contributed by atoms with Gasteiger partial charge in [0, 0.05) is 31.6 Å². The van der Waals surface area contributed by atoms with Gasteiger partial charge in [-0.05, 0) is 37.0 Å². The third-order valence-electron chi connectivity index (χ3n) is 7.09. The van der Waals surface area contributed by atoms with Crippen LogP contribution in [0, 0.1) is 11.8 Å². The number of ether oxygens (including phenoxy) is 1. The molecule has 0 bridgehead atoms. The van der Waals surface area contributed by atoms with Crippen molar-refractivity contribution in [3.8, 4) is 5.88 Å². The molecule has 1 saturated carbocycles. The van der Waals surface area contributed by atoms with Crippen LogP contribution in [0.15, 0.2) is 42.6 Å². The van der Waals surface area contributed by atoms with Gasteiger partial charge < -0.3 is 19.6 Å². The average Bonchev–Trinajstić information content (AvgIpc) is 2.84. The van der Waals surface area contributed by atoms with E-state index in [1.54, 1.807) is 22.1 Å². The molecule has 0 unspecified atom stereocenters. The Kier molecular flexibility index (Phi) is 7.86. The largest absolute Gasteiger partial charge is 0.472 e. The van der Waals surface area contributed by atoms with Crippen molar-refractivity contribution in [1.82, 2.24) is 14.8 Å². The average molecular weight is 478 g/mol. The van der Waals surface area contributed by atoms with E-state index < -0.39 is 0 Å². The summed E-state index contributed by atoms with van der Waals surface area (Å²) >= 11 is 0. The predicted octanol–water partition coefficient (Wildman–Crippen LogP) is 3.73. The van der Waals surface area contributed by atoms with E-state index in [4.69, 9.17) is 4.74 Å². The lowest BCUT2D eigenvalue weighted by atomic mass is 9.84. The van der Waals surface area contributed by atoms with Gasteiger partial charge in [0.25, 0.3) is 5.91 Å². The molecule has 2 heterocycles. The van der Waals surface area contributed by atoms with E-state index in [1.165, 1.54) is 0 Å². The quantitative estimate of drug-likeness (QED) is 0.657. The molecule has 1 aliphatic carbocycles. The number of hydrogen-bond donors (Lipinski definition) is 1. The standard InChI is InChI=1S/C28H35N3O4/c1-19-16-31(20(2)18-32)28(34)24-14-22(13-12-21-8-5-4-6-9-21)15-29-26(24)35-25(19)17-30(3)27(33)23-10-7-11-23/h4-6,8-9,12-15,19-20,23,25,32H,7,10-11,16-18H2,1-3H3/b13-12+/t19-,20-,25-/m1/s1. The third kappa shape index (κ3) is 5.73. The number of aliphatic hydroxyl groups is 1. The van der Waals surface area contributed by atoms with Crippen LogP contribution in [0.25, 0.3) is 12.2 Å². The van der Waals surface area contributed by atoms with Crippen molar-refractivity contribution in [3.05, 3.63) is 59.3 Å². The number of hydrogen-bond acceptors (Lipinski definition) is 5. The van der Waals surface area contributed by atoms with Gasteiger partial charge >= 0.3 is 0 Å². The topological polar surface area (TPSA) is 83.0 Å². The Hall–Kier alpha value is -3.19. The number of pyridine rings is 1. The molecule has 2 aromatic rings. The zero-order valence-corrected chi connectivity index (χ0v) is 20.8.